The van der Waals surface area contributed by atoms with Crippen LogP contribution in [0.15, 0.2) is 12.1 Å². The van der Waals surface area contributed by atoms with Crippen LogP contribution in [0.2, 0.25) is 0 Å². The summed E-state index contributed by atoms with van der Waals surface area (Å²) in [5, 5.41) is 0. The molecule has 0 bridgehead atoms. The Hall–Kier alpha value is -1.31. The van der Waals surface area contributed by atoms with Gasteiger partial charge in [0.15, 0.2) is 5.78 Å². The molecule has 0 N–H and O–H groups in total. The minimum absolute atomic E-state index is 0.0844. The van der Waals surface area contributed by atoms with Crippen molar-refractivity contribution in [1.29, 1.82) is 0 Å². The van der Waals surface area contributed by atoms with Crippen molar-refractivity contribution in [3.63, 3.8) is 0 Å². The molecule has 0 aliphatic carbocycles. The van der Waals surface area contributed by atoms with Gasteiger partial charge in [0.05, 0.1) is 7.11 Å². The molecule has 82 valence electrons. The first kappa shape index (κ1) is 11.8. The molecule has 0 heterocycles. The van der Waals surface area contributed by atoms with E-state index in [-0.39, 0.29) is 5.78 Å². The van der Waals surface area contributed by atoms with Gasteiger partial charge in [0.25, 0.3) is 0 Å². The highest BCUT2D eigenvalue weighted by atomic mass is 16.5. The lowest BCUT2D eigenvalue weighted by atomic mass is 9.95. The second kappa shape index (κ2) is 4.47. The van der Waals surface area contributed by atoms with Crippen LogP contribution >= 0.6 is 0 Å². The topological polar surface area (TPSA) is 26.3 Å². The van der Waals surface area contributed by atoms with Gasteiger partial charge in [0.2, 0.25) is 0 Å². The minimum atomic E-state index is 0.0844. The number of hydrogen-bond donors (Lipinski definition) is 0. The molecule has 0 saturated heterocycles. The maximum atomic E-state index is 11.4. The second-order valence-electron chi connectivity index (χ2n) is 4.12. The van der Waals surface area contributed by atoms with Crippen LogP contribution in [0.25, 0.3) is 0 Å². The number of carbonyl (C=O) groups excluding carboxylic acids is 1. The summed E-state index contributed by atoms with van der Waals surface area (Å²) in [6, 6.07) is 3.88. The number of benzene rings is 1. The van der Waals surface area contributed by atoms with Crippen molar-refractivity contribution >= 4 is 5.78 Å². The third-order valence-electron chi connectivity index (χ3n) is 2.58. The van der Waals surface area contributed by atoms with Crippen molar-refractivity contribution in [3.05, 3.63) is 28.8 Å². The quantitative estimate of drug-likeness (QED) is 0.709. The highest BCUT2D eigenvalue weighted by molar-refractivity contribution is 5.96. The molecule has 0 aliphatic heterocycles. The van der Waals surface area contributed by atoms with E-state index in [9.17, 15) is 4.79 Å². The van der Waals surface area contributed by atoms with Crippen molar-refractivity contribution in [2.24, 2.45) is 0 Å². The van der Waals surface area contributed by atoms with Crippen molar-refractivity contribution < 1.29 is 9.53 Å². The fraction of sp³-hybridized carbons (Fsp3) is 0.462. The van der Waals surface area contributed by atoms with E-state index >= 15 is 0 Å². The maximum Gasteiger partial charge on any atom is 0.160 e. The molecule has 2 nitrogen and oxygen atoms in total. The number of aryl methyl sites for hydroxylation is 1. The third kappa shape index (κ3) is 2.38. The predicted octanol–water partition coefficient (Wildman–Crippen LogP) is 3.33. The fourth-order valence-electron chi connectivity index (χ4n) is 1.72. The smallest absolute Gasteiger partial charge is 0.160 e. The van der Waals surface area contributed by atoms with Crippen LogP contribution in [0.3, 0.4) is 0 Å². The number of Topliss-reactive ketones (excluding diaryl/α,β-unsaturated/α-hetero) is 1. The van der Waals surface area contributed by atoms with Crippen LogP contribution in [0.4, 0.5) is 0 Å². The Balaban J connectivity index is 3.35. The lowest BCUT2D eigenvalue weighted by Gasteiger charge is -2.14. The van der Waals surface area contributed by atoms with Crippen LogP contribution in [0.5, 0.6) is 5.75 Å². The zero-order valence-corrected chi connectivity index (χ0v) is 10.0. The van der Waals surface area contributed by atoms with Gasteiger partial charge in [-0.25, -0.2) is 0 Å². The average molecular weight is 206 g/mol. The van der Waals surface area contributed by atoms with Crippen LogP contribution in [0, 0.1) is 6.92 Å². The molecule has 1 aromatic carbocycles. The largest absolute Gasteiger partial charge is 0.496 e. The van der Waals surface area contributed by atoms with Gasteiger partial charge in [-0.2, -0.15) is 0 Å². The van der Waals surface area contributed by atoms with Crippen molar-refractivity contribution in [3.8, 4) is 5.75 Å². The van der Waals surface area contributed by atoms with Gasteiger partial charge in [0.1, 0.15) is 5.75 Å². The Morgan fingerprint density at radius 2 is 1.93 bits per heavy atom. The van der Waals surface area contributed by atoms with Crippen molar-refractivity contribution in [1.82, 2.24) is 0 Å². The van der Waals surface area contributed by atoms with Gasteiger partial charge >= 0.3 is 0 Å². The second-order valence-corrected chi connectivity index (χ2v) is 4.12. The summed E-state index contributed by atoms with van der Waals surface area (Å²) in [6.07, 6.45) is 0. The van der Waals surface area contributed by atoms with Gasteiger partial charge in [-0.1, -0.05) is 19.9 Å². The van der Waals surface area contributed by atoms with E-state index in [2.05, 4.69) is 13.8 Å². The lowest BCUT2D eigenvalue weighted by Crippen LogP contribution is -2.01. The molecule has 1 aromatic rings. The summed E-state index contributed by atoms with van der Waals surface area (Å²) in [4.78, 5) is 11.4. The number of hydrogen-bond acceptors (Lipinski definition) is 2. The molecule has 0 spiro atoms. The first-order valence-corrected chi connectivity index (χ1v) is 5.16. The molecule has 15 heavy (non-hydrogen) atoms. The molecular weight excluding hydrogens is 188 g/mol. The molecule has 0 saturated carbocycles. The first-order valence-electron chi connectivity index (χ1n) is 5.16. The zero-order chi connectivity index (χ0) is 11.6. The molecule has 0 atom stereocenters. The van der Waals surface area contributed by atoms with E-state index in [1.807, 2.05) is 19.1 Å². The summed E-state index contributed by atoms with van der Waals surface area (Å²) in [5.41, 5.74) is 2.92. The third-order valence-corrected chi connectivity index (χ3v) is 2.58. The molecule has 0 amide bonds. The summed E-state index contributed by atoms with van der Waals surface area (Å²) in [5.74, 6) is 1.29. The van der Waals surface area contributed by atoms with Gasteiger partial charge in [-0.05, 0) is 37.0 Å². The van der Waals surface area contributed by atoms with Crippen LogP contribution in [-0.4, -0.2) is 12.9 Å². The number of methoxy groups -OCH3 is 1. The molecular formula is C13H18O2. The summed E-state index contributed by atoms with van der Waals surface area (Å²) in [7, 11) is 1.64. The lowest BCUT2D eigenvalue weighted by molar-refractivity contribution is 0.101. The molecule has 0 fully saturated rings. The van der Waals surface area contributed by atoms with Crippen LogP contribution in [0.1, 0.15) is 48.2 Å². The predicted molar refractivity (Wildman–Crippen MR) is 61.8 cm³/mol. The van der Waals surface area contributed by atoms with Gasteiger partial charge < -0.3 is 4.74 Å². The van der Waals surface area contributed by atoms with E-state index in [4.69, 9.17) is 4.74 Å². The highest BCUT2D eigenvalue weighted by Crippen LogP contribution is 2.29. The normalized spacial score (nSPS) is 10.5. The SMILES string of the molecule is COc1cc(C(C)=O)c(C)cc1C(C)C. The minimum Gasteiger partial charge on any atom is -0.496 e. The Morgan fingerprint density at radius 3 is 2.33 bits per heavy atom. The Labute approximate surface area is 91.3 Å². The highest BCUT2D eigenvalue weighted by Gasteiger charge is 2.12. The van der Waals surface area contributed by atoms with Crippen LogP contribution in [-0.2, 0) is 0 Å². The van der Waals surface area contributed by atoms with Crippen LogP contribution < -0.4 is 4.74 Å². The summed E-state index contributed by atoms with van der Waals surface area (Å²) in [6.45, 7) is 7.77. The summed E-state index contributed by atoms with van der Waals surface area (Å²) < 4.78 is 5.30. The molecule has 1 rings (SSSR count). The monoisotopic (exact) mass is 206 g/mol. The van der Waals surface area contributed by atoms with E-state index in [1.165, 1.54) is 0 Å². The van der Waals surface area contributed by atoms with E-state index in [1.54, 1.807) is 14.0 Å². The van der Waals surface area contributed by atoms with Gasteiger partial charge in [-0.3, -0.25) is 4.79 Å². The zero-order valence-electron chi connectivity index (χ0n) is 10.0. The van der Waals surface area contributed by atoms with Crippen molar-refractivity contribution in [2.75, 3.05) is 7.11 Å². The first-order chi connectivity index (χ1) is 6.97. The standard InChI is InChI=1S/C13H18O2/c1-8(2)11-6-9(3)12(10(4)14)7-13(11)15-5/h6-8H,1-5H3. The van der Waals surface area contributed by atoms with E-state index in [0.717, 1.165) is 22.4 Å². The number of ketones is 1. The molecule has 0 radical (unpaired) electrons. The van der Waals surface area contributed by atoms with Gasteiger partial charge in [-0.15, -0.1) is 0 Å². The van der Waals surface area contributed by atoms with E-state index < -0.39 is 0 Å². The van der Waals surface area contributed by atoms with Gasteiger partial charge in [0, 0.05) is 5.56 Å². The van der Waals surface area contributed by atoms with Crippen molar-refractivity contribution in [2.45, 2.75) is 33.6 Å². The Morgan fingerprint density at radius 1 is 1.33 bits per heavy atom. The average Bonchev–Trinajstić information content (AvgIpc) is 2.16. The molecule has 0 aromatic heterocycles. The van der Waals surface area contributed by atoms with E-state index in [0.29, 0.717) is 5.92 Å². The summed E-state index contributed by atoms with van der Waals surface area (Å²) >= 11 is 0. The maximum absolute atomic E-state index is 11.4. The fourth-order valence-corrected chi connectivity index (χ4v) is 1.72. The molecule has 0 unspecified atom stereocenters. The Bertz CT molecular complexity index is 378. The molecule has 0 aliphatic rings. The Kier molecular flexibility index (Phi) is 3.51. The number of rotatable bonds is 3. The molecule has 2 heteroatoms. The number of ether oxygens (including phenoxy) is 1. The number of carbonyl (C=O) groups is 1.